The Bertz CT molecular complexity index is 461. The van der Waals surface area contributed by atoms with Crippen LogP contribution in [0.5, 0.6) is 5.75 Å². The first-order valence-electron chi connectivity index (χ1n) is 7.49. The third-order valence-electron chi connectivity index (χ3n) is 3.62. The van der Waals surface area contributed by atoms with Gasteiger partial charge in [0.1, 0.15) is 12.4 Å². The standard InChI is InChI=1S/C17H23NO3/c1-20-17(19)10-7-15-5-8-16(9-6-15)21-14-13-18-11-3-2-4-12-18/h5-10H,2-4,11-14H2,1H3/b10-7+. The Balaban J connectivity index is 1.74. The number of nitrogens with zero attached hydrogens (tertiary/aromatic N) is 1. The molecule has 1 saturated heterocycles. The summed E-state index contributed by atoms with van der Waals surface area (Å²) in [6.45, 7) is 4.10. The smallest absolute Gasteiger partial charge is 0.330 e. The van der Waals surface area contributed by atoms with Crippen LogP contribution >= 0.6 is 0 Å². The molecule has 1 aliphatic rings. The molecule has 1 aliphatic heterocycles. The Morgan fingerprint density at radius 3 is 2.57 bits per heavy atom. The second kappa shape index (κ2) is 8.47. The van der Waals surface area contributed by atoms with Crippen LogP contribution in [0.3, 0.4) is 0 Å². The van der Waals surface area contributed by atoms with Crippen LogP contribution < -0.4 is 4.74 Å². The number of methoxy groups -OCH3 is 1. The molecular formula is C17H23NO3. The van der Waals surface area contributed by atoms with Gasteiger partial charge in [-0.3, -0.25) is 4.90 Å². The van der Waals surface area contributed by atoms with Crippen molar-refractivity contribution in [2.75, 3.05) is 33.4 Å². The molecule has 0 N–H and O–H groups in total. The number of hydrogen-bond acceptors (Lipinski definition) is 4. The van der Waals surface area contributed by atoms with Gasteiger partial charge in [-0.25, -0.2) is 4.79 Å². The lowest BCUT2D eigenvalue weighted by Crippen LogP contribution is -2.33. The summed E-state index contributed by atoms with van der Waals surface area (Å²) in [7, 11) is 1.37. The van der Waals surface area contributed by atoms with Gasteiger partial charge in [0.05, 0.1) is 7.11 Å². The largest absolute Gasteiger partial charge is 0.492 e. The van der Waals surface area contributed by atoms with Gasteiger partial charge in [0.2, 0.25) is 0 Å². The van der Waals surface area contributed by atoms with Gasteiger partial charge in [-0.15, -0.1) is 0 Å². The lowest BCUT2D eigenvalue weighted by molar-refractivity contribution is -0.134. The predicted octanol–water partition coefficient (Wildman–Crippen LogP) is 2.74. The normalized spacial score (nSPS) is 16.0. The van der Waals surface area contributed by atoms with Crippen molar-refractivity contribution < 1.29 is 14.3 Å². The highest BCUT2D eigenvalue weighted by molar-refractivity contribution is 5.86. The minimum atomic E-state index is -0.350. The Hall–Kier alpha value is -1.81. The van der Waals surface area contributed by atoms with Crippen molar-refractivity contribution in [2.45, 2.75) is 19.3 Å². The number of ether oxygens (including phenoxy) is 2. The van der Waals surface area contributed by atoms with Crippen LogP contribution in [-0.2, 0) is 9.53 Å². The number of rotatable bonds is 6. The van der Waals surface area contributed by atoms with Crippen LogP contribution in [-0.4, -0.2) is 44.2 Å². The van der Waals surface area contributed by atoms with Crippen molar-refractivity contribution in [3.8, 4) is 5.75 Å². The molecule has 1 fully saturated rings. The van der Waals surface area contributed by atoms with E-state index in [9.17, 15) is 4.79 Å². The van der Waals surface area contributed by atoms with Gasteiger partial charge in [-0.2, -0.15) is 0 Å². The molecule has 1 aromatic carbocycles. The zero-order chi connectivity index (χ0) is 14.9. The number of carbonyl (C=O) groups excluding carboxylic acids is 1. The van der Waals surface area contributed by atoms with E-state index in [2.05, 4.69) is 9.64 Å². The first kappa shape index (κ1) is 15.6. The molecule has 0 spiro atoms. The maximum Gasteiger partial charge on any atom is 0.330 e. The second-order valence-electron chi connectivity index (χ2n) is 5.18. The van der Waals surface area contributed by atoms with E-state index in [-0.39, 0.29) is 5.97 Å². The molecule has 0 amide bonds. The number of likely N-dealkylation sites (tertiary alicyclic amines) is 1. The van der Waals surface area contributed by atoms with Crippen molar-refractivity contribution in [2.24, 2.45) is 0 Å². The molecule has 0 saturated carbocycles. The van der Waals surface area contributed by atoms with Gasteiger partial charge in [-0.1, -0.05) is 18.6 Å². The van der Waals surface area contributed by atoms with E-state index in [0.29, 0.717) is 0 Å². The van der Waals surface area contributed by atoms with Gasteiger partial charge in [-0.05, 0) is 49.7 Å². The Morgan fingerprint density at radius 1 is 1.19 bits per heavy atom. The first-order valence-corrected chi connectivity index (χ1v) is 7.49. The average molecular weight is 289 g/mol. The van der Waals surface area contributed by atoms with Crippen molar-refractivity contribution in [1.82, 2.24) is 4.90 Å². The highest BCUT2D eigenvalue weighted by Crippen LogP contribution is 2.14. The molecule has 0 unspecified atom stereocenters. The minimum Gasteiger partial charge on any atom is -0.492 e. The van der Waals surface area contributed by atoms with E-state index in [0.717, 1.165) is 24.5 Å². The summed E-state index contributed by atoms with van der Waals surface area (Å²) >= 11 is 0. The average Bonchev–Trinajstić information content (AvgIpc) is 2.55. The summed E-state index contributed by atoms with van der Waals surface area (Å²) in [5, 5.41) is 0. The third kappa shape index (κ3) is 5.60. The third-order valence-corrected chi connectivity index (χ3v) is 3.62. The molecule has 0 bridgehead atoms. The number of carbonyl (C=O) groups is 1. The summed E-state index contributed by atoms with van der Waals surface area (Å²) in [5.74, 6) is 0.513. The van der Waals surface area contributed by atoms with Gasteiger partial charge in [0.25, 0.3) is 0 Å². The highest BCUT2D eigenvalue weighted by Gasteiger charge is 2.09. The Kier molecular flexibility index (Phi) is 6.28. The molecule has 2 rings (SSSR count). The molecular weight excluding hydrogens is 266 g/mol. The van der Waals surface area contributed by atoms with Crippen molar-refractivity contribution in [3.63, 3.8) is 0 Å². The van der Waals surface area contributed by atoms with Crippen LogP contribution in [0.25, 0.3) is 6.08 Å². The summed E-state index contributed by atoms with van der Waals surface area (Å²) in [4.78, 5) is 13.5. The van der Waals surface area contributed by atoms with Crippen molar-refractivity contribution in [3.05, 3.63) is 35.9 Å². The summed E-state index contributed by atoms with van der Waals surface area (Å²) in [6, 6.07) is 7.70. The SMILES string of the molecule is COC(=O)/C=C/c1ccc(OCCN2CCCCC2)cc1. The number of hydrogen-bond donors (Lipinski definition) is 0. The van der Waals surface area contributed by atoms with E-state index >= 15 is 0 Å². The molecule has 0 aliphatic carbocycles. The van der Waals surface area contributed by atoms with Crippen LogP contribution in [0, 0.1) is 0 Å². The number of piperidine rings is 1. The van der Waals surface area contributed by atoms with E-state index in [1.165, 1.54) is 45.5 Å². The molecule has 0 atom stereocenters. The maximum atomic E-state index is 11.0. The summed E-state index contributed by atoms with van der Waals surface area (Å²) in [5.41, 5.74) is 0.948. The van der Waals surface area contributed by atoms with Crippen LogP contribution in [0.15, 0.2) is 30.3 Å². The molecule has 4 heteroatoms. The quantitative estimate of drug-likeness (QED) is 0.596. The molecule has 1 aromatic rings. The van der Waals surface area contributed by atoms with E-state index in [1.807, 2.05) is 24.3 Å². The van der Waals surface area contributed by atoms with Gasteiger partial charge >= 0.3 is 5.97 Å². The second-order valence-corrected chi connectivity index (χ2v) is 5.18. The molecule has 21 heavy (non-hydrogen) atoms. The zero-order valence-electron chi connectivity index (χ0n) is 12.6. The highest BCUT2D eigenvalue weighted by atomic mass is 16.5. The lowest BCUT2D eigenvalue weighted by atomic mass is 10.1. The van der Waals surface area contributed by atoms with Crippen molar-refractivity contribution in [1.29, 1.82) is 0 Å². The van der Waals surface area contributed by atoms with E-state index in [1.54, 1.807) is 6.08 Å². The fraction of sp³-hybridized carbons (Fsp3) is 0.471. The summed E-state index contributed by atoms with van der Waals surface area (Å²) in [6.07, 6.45) is 7.11. The fourth-order valence-corrected chi connectivity index (χ4v) is 2.38. The van der Waals surface area contributed by atoms with Crippen LogP contribution in [0.1, 0.15) is 24.8 Å². The topological polar surface area (TPSA) is 38.8 Å². The number of esters is 1. The minimum absolute atomic E-state index is 0.350. The monoisotopic (exact) mass is 289 g/mol. The maximum absolute atomic E-state index is 11.0. The first-order chi connectivity index (χ1) is 10.3. The lowest BCUT2D eigenvalue weighted by Gasteiger charge is -2.26. The van der Waals surface area contributed by atoms with Crippen LogP contribution in [0.4, 0.5) is 0 Å². The predicted molar refractivity (Wildman–Crippen MR) is 83.3 cm³/mol. The molecule has 114 valence electrons. The van der Waals surface area contributed by atoms with Gasteiger partial charge in [0, 0.05) is 12.6 Å². The molecule has 1 heterocycles. The molecule has 4 nitrogen and oxygen atoms in total. The zero-order valence-corrected chi connectivity index (χ0v) is 12.6. The van der Waals surface area contributed by atoms with Gasteiger partial charge < -0.3 is 9.47 Å². The molecule has 0 radical (unpaired) electrons. The number of benzene rings is 1. The van der Waals surface area contributed by atoms with Crippen molar-refractivity contribution >= 4 is 12.0 Å². The molecule has 0 aromatic heterocycles. The summed E-state index contributed by atoms with van der Waals surface area (Å²) < 4.78 is 10.3. The Labute approximate surface area is 126 Å². The van der Waals surface area contributed by atoms with Gasteiger partial charge in [0.15, 0.2) is 0 Å². The van der Waals surface area contributed by atoms with E-state index < -0.39 is 0 Å². The van der Waals surface area contributed by atoms with Crippen LogP contribution in [0.2, 0.25) is 0 Å². The Morgan fingerprint density at radius 2 is 1.90 bits per heavy atom. The van der Waals surface area contributed by atoms with E-state index in [4.69, 9.17) is 4.74 Å². The fourth-order valence-electron chi connectivity index (χ4n) is 2.38.